The maximum absolute atomic E-state index is 13.2. The molecule has 1 saturated carbocycles. The van der Waals surface area contributed by atoms with Crippen LogP contribution >= 0.6 is 0 Å². The maximum atomic E-state index is 13.2. The molecule has 6 rings (SSSR count). The van der Waals surface area contributed by atoms with E-state index in [1.165, 1.54) is 18.4 Å². The van der Waals surface area contributed by atoms with Crippen LogP contribution in [-0.4, -0.2) is 68.0 Å². The molecule has 0 spiro atoms. The molecule has 1 aliphatic heterocycles. The highest BCUT2D eigenvalue weighted by atomic mass is 16.5. The minimum absolute atomic E-state index is 0.233. The van der Waals surface area contributed by atoms with Gasteiger partial charge >= 0.3 is 0 Å². The van der Waals surface area contributed by atoms with Crippen molar-refractivity contribution in [3.63, 3.8) is 0 Å². The van der Waals surface area contributed by atoms with Gasteiger partial charge in [0.2, 0.25) is 0 Å². The number of nitrogens with one attached hydrogen (secondary N) is 3. The van der Waals surface area contributed by atoms with Gasteiger partial charge in [-0.05, 0) is 55.9 Å². The molecule has 0 radical (unpaired) electrons. The number of pyridine rings is 1. The fourth-order valence-electron chi connectivity index (χ4n) is 5.29. The van der Waals surface area contributed by atoms with Gasteiger partial charge in [0.1, 0.15) is 11.3 Å². The molecule has 4 heterocycles. The van der Waals surface area contributed by atoms with Crippen LogP contribution in [0.4, 0.5) is 5.82 Å². The van der Waals surface area contributed by atoms with Crippen molar-refractivity contribution in [1.29, 1.82) is 0 Å². The molecule has 0 bridgehead atoms. The van der Waals surface area contributed by atoms with Gasteiger partial charge < -0.3 is 15.4 Å². The first-order chi connectivity index (χ1) is 18.4. The Bertz CT molecular complexity index is 1440. The Morgan fingerprint density at radius 1 is 1.26 bits per heavy atom. The molecule has 10 heteroatoms. The molecule has 1 aliphatic carbocycles. The first kappa shape index (κ1) is 24.6. The Morgan fingerprint density at radius 3 is 2.84 bits per heavy atom. The number of carbonyl (C=O) groups excluding carboxylic acids is 1. The van der Waals surface area contributed by atoms with Crippen LogP contribution in [0.5, 0.6) is 5.75 Å². The summed E-state index contributed by atoms with van der Waals surface area (Å²) in [4.78, 5) is 20.5. The average molecular weight is 515 g/mol. The van der Waals surface area contributed by atoms with E-state index in [0.29, 0.717) is 40.0 Å². The maximum Gasteiger partial charge on any atom is 0.257 e. The Balaban J connectivity index is 1.31. The lowest BCUT2D eigenvalue weighted by Gasteiger charge is -2.34. The number of rotatable bonds is 8. The minimum Gasteiger partial charge on any atom is -0.480 e. The smallest absolute Gasteiger partial charge is 0.257 e. The lowest BCUT2D eigenvalue weighted by molar-refractivity contribution is 0.102. The molecular formula is C28H34N8O2. The van der Waals surface area contributed by atoms with Crippen LogP contribution in [0.2, 0.25) is 0 Å². The van der Waals surface area contributed by atoms with Gasteiger partial charge in [-0.2, -0.15) is 10.2 Å². The van der Waals surface area contributed by atoms with Gasteiger partial charge in [-0.15, -0.1) is 0 Å². The summed E-state index contributed by atoms with van der Waals surface area (Å²) in [6.45, 7) is 7.70. The first-order valence-electron chi connectivity index (χ1n) is 13.3. The molecule has 10 nitrogen and oxygen atoms in total. The molecule has 4 aromatic rings. The number of anilines is 1. The molecule has 1 saturated heterocycles. The van der Waals surface area contributed by atoms with Crippen molar-refractivity contribution < 1.29 is 9.53 Å². The third-order valence-electron chi connectivity index (χ3n) is 7.41. The third kappa shape index (κ3) is 5.14. The summed E-state index contributed by atoms with van der Waals surface area (Å²) < 4.78 is 8.37. The molecule has 1 amide bonds. The summed E-state index contributed by atoms with van der Waals surface area (Å²) in [6.07, 6.45) is 7.70. The van der Waals surface area contributed by atoms with E-state index < -0.39 is 0 Å². The lowest BCUT2D eigenvalue weighted by atomic mass is 10.0. The number of carbonyl (C=O) groups is 1. The number of ether oxygens (including phenoxy) is 1. The van der Waals surface area contributed by atoms with Crippen LogP contribution in [0.3, 0.4) is 0 Å². The van der Waals surface area contributed by atoms with E-state index >= 15 is 0 Å². The molecule has 38 heavy (non-hydrogen) atoms. The Hall–Kier alpha value is -3.76. The van der Waals surface area contributed by atoms with Crippen LogP contribution in [0.15, 0.2) is 42.9 Å². The number of hydrogen-bond donors (Lipinski definition) is 3. The van der Waals surface area contributed by atoms with Gasteiger partial charge in [-0.1, -0.05) is 6.07 Å². The fraction of sp³-hybridized carbons (Fsp3) is 0.429. The molecule has 2 fully saturated rings. The summed E-state index contributed by atoms with van der Waals surface area (Å²) in [5.74, 6) is 1.58. The third-order valence-corrected chi connectivity index (χ3v) is 7.41. The van der Waals surface area contributed by atoms with Crippen molar-refractivity contribution in [2.45, 2.75) is 44.8 Å². The predicted molar refractivity (Wildman–Crippen MR) is 145 cm³/mol. The monoisotopic (exact) mass is 514 g/mol. The van der Waals surface area contributed by atoms with Gasteiger partial charge in [-0.25, -0.2) is 0 Å². The van der Waals surface area contributed by atoms with Gasteiger partial charge in [-0.3, -0.25) is 24.5 Å². The number of benzene rings is 1. The summed E-state index contributed by atoms with van der Waals surface area (Å²) in [5.41, 5.74) is 4.25. The van der Waals surface area contributed by atoms with E-state index in [-0.39, 0.29) is 12.0 Å². The van der Waals surface area contributed by atoms with Crippen LogP contribution in [0.1, 0.15) is 59.0 Å². The van der Waals surface area contributed by atoms with Gasteiger partial charge in [0.25, 0.3) is 5.91 Å². The number of aromatic nitrogens is 5. The van der Waals surface area contributed by atoms with E-state index in [1.807, 2.05) is 26.2 Å². The van der Waals surface area contributed by atoms with Gasteiger partial charge in [0, 0.05) is 63.1 Å². The number of nitrogens with zero attached hydrogens (tertiary/aromatic N) is 5. The summed E-state index contributed by atoms with van der Waals surface area (Å²) in [6, 6.07) is 8.40. The number of piperazine rings is 1. The van der Waals surface area contributed by atoms with E-state index in [1.54, 1.807) is 23.1 Å². The zero-order chi connectivity index (χ0) is 26.2. The number of aryl methyl sites for hydroxylation is 2. The van der Waals surface area contributed by atoms with Crippen LogP contribution < -0.4 is 15.4 Å². The Morgan fingerprint density at radius 2 is 2.13 bits per heavy atom. The first-order valence-corrected chi connectivity index (χ1v) is 13.3. The topological polar surface area (TPSA) is 113 Å². The second kappa shape index (κ2) is 10.2. The van der Waals surface area contributed by atoms with Gasteiger partial charge in [0.15, 0.2) is 11.9 Å². The normalized spacial score (nSPS) is 19.0. The highest BCUT2D eigenvalue weighted by molar-refractivity contribution is 6.14. The standard InChI is InChI=1S/C28H34N8O2/c1-17-12-23(27-21(14-31-33-27)26(17)28(37)32-25-8-10-35(3)34-25)38-24(16-36-11-9-29-18(2)15-36)22-7-6-20(13-30-22)19-4-5-19/h6-8,10,12-14,18-19,24,29H,4-5,9,11,15-16H2,1-3H3,(H,31,33)(H,32,34,37)/t18-,24-/m1/s1. The number of hydrogen-bond acceptors (Lipinski definition) is 7. The molecule has 2 atom stereocenters. The SMILES string of the molecule is Cc1cc(O[C@H](CN2CCN[C@H](C)C2)c2ccc(C3CC3)cn2)c2[nH]ncc2c1C(=O)Nc1ccn(C)n1. The molecular weight excluding hydrogens is 480 g/mol. The van der Waals surface area contributed by atoms with Crippen molar-refractivity contribution in [1.82, 2.24) is 35.2 Å². The lowest BCUT2D eigenvalue weighted by Crippen LogP contribution is -2.50. The van der Waals surface area contributed by atoms with Crippen LogP contribution in [0, 0.1) is 6.92 Å². The molecule has 198 valence electrons. The number of amides is 1. The molecule has 3 N–H and O–H groups in total. The highest BCUT2D eigenvalue weighted by Gasteiger charge is 2.27. The van der Waals surface area contributed by atoms with E-state index in [2.05, 4.69) is 49.9 Å². The number of fused-ring (bicyclic) bond motifs is 1. The summed E-state index contributed by atoms with van der Waals surface area (Å²) in [7, 11) is 1.81. The average Bonchev–Trinajstić information content (AvgIpc) is 3.49. The highest BCUT2D eigenvalue weighted by Crippen LogP contribution is 2.40. The number of H-pyrrole nitrogens is 1. The molecule has 0 unspecified atom stereocenters. The minimum atomic E-state index is -0.271. The van der Waals surface area contributed by atoms with Crippen molar-refractivity contribution in [3.05, 3.63) is 65.2 Å². The Labute approximate surface area is 221 Å². The van der Waals surface area contributed by atoms with Crippen LogP contribution in [-0.2, 0) is 7.05 Å². The van der Waals surface area contributed by atoms with E-state index in [0.717, 1.165) is 37.4 Å². The van der Waals surface area contributed by atoms with Gasteiger partial charge in [0.05, 0.1) is 17.5 Å². The Kier molecular flexibility index (Phi) is 6.59. The van der Waals surface area contributed by atoms with E-state index in [4.69, 9.17) is 9.72 Å². The van der Waals surface area contributed by atoms with Crippen molar-refractivity contribution in [2.75, 3.05) is 31.5 Å². The summed E-state index contributed by atoms with van der Waals surface area (Å²) in [5, 5.41) is 18.7. The predicted octanol–water partition coefficient (Wildman–Crippen LogP) is 3.54. The molecule has 1 aromatic carbocycles. The second-order valence-electron chi connectivity index (χ2n) is 10.6. The van der Waals surface area contributed by atoms with Crippen molar-refractivity contribution in [3.8, 4) is 5.75 Å². The van der Waals surface area contributed by atoms with E-state index in [9.17, 15) is 4.79 Å². The quantitative estimate of drug-likeness (QED) is 0.330. The largest absolute Gasteiger partial charge is 0.480 e. The van der Waals surface area contributed by atoms with Crippen molar-refractivity contribution >= 4 is 22.6 Å². The molecule has 2 aliphatic rings. The zero-order valence-corrected chi connectivity index (χ0v) is 22.1. The number of aromatic amines is 1. The fourth-order valence-corrected chi connectivity index (χ4v) is 5.29. The molecule has 3 aromatic heterocycles. The van der Waals surface area contributed by atoms with Crippen molar-refractivity contribution in [2.24, 2.45) is 7.05 Å². The van der Waals surface area contributed by atoms with Crippen LogP contribution in [0.25, 0.3) is 10.9 Å². The zero-order valence-electron chi connectivity index (χ0n) is 22.1. The second-order valence-corrected chi connectivity index (χ2v) is 10.6. The summed E-state index contributed by atoms with van der Waals surface area (Å²) >= 11 is 0.